The zero-order valence-electron chi connectivity index (χ0n) is 10.3. The second-order valence-corrected chi connectivity index (χ2v) is 5.75. The molecule has 0 aromatic carbocycles. The van der Waals surface area contributed by atoms with Gasteiger partial charge in [0.25, 0.3) is 0 Å². The van der Waals surface area contributed by atoms with Gasteiger partial charge < -0.3 is 5.11 Å². The van der Waals surface area contributed by atoms with Gasteiger partial charge in [0.05, 0.1) is 0 Å². The van der Waals surface area contributed by atoms with Crippen molar-refractivity contribution in [1.82, 2.24) is 0 Å². The van der Waals surface area contributed by atoms with Crippen LogP contribution in [0.15, 0.2) is 0 Å². The van der Waals surface area contributed by atoms with Gasteiger partial charge in [0, 0.05) is 6.42 Å². The second kappa shape index (κ2) is 5.00. The highest BCUT2D eigenvalue weighted by molar-refractivity contribution is 5.66. The van der Waals surface area contributed by atoms with Crippen LogP contribution in [0.2, 0.25) is 0 Å². The van der Waals surface area contributed by atoms with E-state index in [0.717, 1.165) is 18.8 Å². The van der Waals surface area contributed by atoms with E-state index in [-0.39, 0.29) is 0 Å². The Morgan fingerprint density at radius 3 is 2.67 bits per heavy atom. The number of hydrogen-bond donors (Lipinski definition) is 1. The van der Waals surface area contributed by atoms with Crippen molar-refractivity contribution in [2.24, 2.45) is 17.3 Å². The summed E-state index contributed by atoms with van der Waals surface area (Å²) in [6.07, 6.45) is 6.22. The molecule has 1 aliphatic rings. The number of carboxylic acid groups (broad SMARTS) is 1. The smallest absolute Gasteiger partial charge is 0.303 e. The van der Waals surface area contributed by atoms with Crippen LogP contribution in [0.1, 0.15) is 59.3 Å². The second-order valence-electron chi connectivity index (χ2n) is 5.75. The summed E-state index contributed by atoms with van der Waals surface area (Å²) < 4.78 is 0. The topological polar surface area (TPSA) is 37.3 Å². The molecule has 0 bridgehead atoms. The molecule has 0 saturated heterocycles. The van der Waals surface area contributed by atoms with Crippen LogP contribution < -0.4 is 0 Å². The molecule has 0 aromatic heterocycles. The molecule has 1 aliphatic carbocycles. The molecule has 2 unspecified atom stereocenters. The van der Waals surface area contributed by atoms with Gasteiger partial charge in [-0.1, -0.05) is 33.6 Å². The molecule has 0 aliphatic heterocycles. The summed E-state index contributed by atoms with van der Waals surface area (Å²) in [5.74, 6) is 0.824. The number of rotatable bonds is 4. The molecule has 0 radical (unpaired) electrons. The van der Waals surface area contributed by atoms with Gasteiger partial charge in [0.1, 0.15) is 0 Å². The van der Waals surface area contributed by atoms with Crippen molar-refractivity contribution in [2.75, 3.05) is 0 Å². The number of aliphatic carboxylic acids is 1. The molecule has 1 N–H and O–H groups in total. The first-order chi connectivity index (χ1) is 6.93. The average molecular weight is 212 g/mol. The molecule has 88 valence electrons. The molecule has 0 spiro atoms. The summed E-state index contributed by atoms with van der Waals surface area (Å²) in [5, 5.41) is 8.64. The molecule has 2 heteroatoms. The molecule has 0 heterocycles. The van der Waals surface area contributed by atoms with E-state index in [2.05, 4.69) is 20.8 Å². The molecule has 1 saturated carbocycles. The number of hydrogen-bond acceptors (Lipinski definition) is 1. The Balaban J connectivity index is 2.45. The zero-order valence-corrected chi connectivity index (χ0v) is 10.3. The Kier molecular flexibility index (Phi) is 4.18. The maximum absolute atomic E-state index is 10.5. The molecule has 2 nitrogen and oxygen atoms in total. The molecule has 1 fully saturated rings. The summed E-state index contributed by atoms with van der Waals surface area (Å²) in [7, 11) is 0. The molecular weight excluding hydrogens is 188 g/mol. The Bertz CT molecular complexity index is 221. The average Bonchev–Trinajstić information content (AvgIpc) is 2.09. The fourth-order valence-corrected chi connectivity index (χ4v) is 3.18. The third-order valence-electron chi connectivity index (χ3n) is 4.08. The van der Waals surface area contributed by atoms with Gasteiger partial charge in [-0.3, -0.25) is 4.79 Å². The lowest BCUT2D eigenvalue weighted by Gasteiger charge is -2.43. The predicted octanol–water partition coefficient (Wildman–Crippen LogP) is 3.70. The van der Waals surface area contributed by atoms with Crippen molar-refractivity contribution in [3.8, 4) is 0 Å². The zero-order chi connectivity index (χ0) is 11.5. The number of carboxylic acids is 1. The lowest BCUT2D eigenvalue weighted by atomic mass is 9.62. The van der Waals surface area contributed by atoms with Crippen LogP contribution >= 0.6 is 0 Å². The van der Waals surface area contributed by atoms with Gasteiger partial charge in [-0.15, -0.1) is 0 Å². The molecular formula is C13H24O2. The van der Waals surface area contributed by atoms with Crippen molar-refractivity contribution in [3.63, 3.8) is 0 Å². The highest BCUT2D eigenvalue weighted by Crippen LogP contribution is 2.46. The minimum absolute atomic E-state index is 0.333. The normalized spacial score (nSPS) is 30.1. The van der Waals surface area contributed by atoms with Gasteiger partial charge in [-0.25, -0.2) is 0 Å². The first-order valence-electron chi connectivity index (χ1n) is 6.15. The van der Waals surface area contributed by atoms with Gasteiger partial charge in [0.2, 0.25) is 0 Å². The Hall–Kier alpha value is -0.530. The van der Waals surface area contributed by atoms with Crippen molar-refractivity contribution in [2.45, 2.75) is 59.3 Å². The first kappa shape index (κ1) is 12.5. The van der Waals surface area contributed by atoms with Crippen LogP contribution in [0.25, 0.3) is 0 Å². The third-order valence-corrected chi connectivity index (χ3v) is 4.08. The molecule has 1 rings (SSSR count). The van der Waals surface area contributed by atoms with E-state index >= 15 is 0 Å². The minimum atomic E-state index is -0.656. The first-order valence-corrected chi connectivity index (χ1v) is 6.15. The maximum atomic E-state index is 10.5. The van der Waals surface area contributed by atoms with Crippen molar-refractivity contribution in [3.05, 3.63) is 0 Å². The van der Waals surface area contributed by atoms with E-state index in [1.165, 1.54) is 19.3 Å². The highest BCUT2D eigenvalue weighted by Gasteiger charge is 2.36. The van der Waals surface area contributed by atoms with Gasteiger partial charge in [0.15, 0.2) is 0 Å². The molecule has 0 amide bonds. The van der Waals surface area contributed by atoms with Crippen molar-refractivity contribution < 1.29 is 9.90 Å². The maximum Gasteiger partial charge on any atom is 0.303 e. The van der Waals surface area contributed by atoms with Crippen LogP contribution in [0.4, 0.5) is 0 Å². The predicted molar refractivity (Wildman–Crippen MR) is 61.8 cm³/mol. The van der Waals surface area contributed by atoms with E-state index in [9.17, 15) is 4.79 Å². The van der Waals surface area contributed by atoms with Crippen LogP contribution in [0.5, 0.6) is 0 Å². The van der Waals surface area contributed by atoms with E-state index in [1.54, 1.807) is 0 Å². The monoisotopic (exact) mass is 212 g/mol. The van der Waals surface area contributed by atoms with E-state index < -0.39 is 5.97 Å². The third kappa shape index (κ3) is 3.51. The van der Waals surface area contributed by atoms with Crippen LogP contribution in [-0.4, -0.2) is 11.1 Å². The Morgan fingerprint density at radius 2 is 2.13 bits per heavy atom. The SMILES string of the molecule is CC1CCCC(C)(C)C1CCCC(=O)O. The lowest BCUT2D eigenvalue weighted by molar-refractivity contribution is -0.137. The minimum Gasteiger partial charge on any atom is -0.481 e. The standard InChI is InChI=1S/C13H24O2/c1-10-6-5-9-13(2,3)11(10)7-4-8-12(14)15/h10-11H,4-9H2,1-3H3,(H,14,15). The Labute approximate surface area is 93.1 Å². The van der Waals surface area contributed by atoms with E-state index in [4.69, 9.17) is 5.11 Å². The Morgan fingerprint density at radius 1 is 1.47 bits per heavy atom. The van der Waals surface area contributed by atoms with Gasteiger partial charge in [-0.05, 0) is 36.5 Å². The summed E-state index contributed by atoms with van der Waals surface area (Å²) in [5.41, 5.74) is 0.413. The quantitative estimate of drug-likeness (QED) is 0.771. The van der Waals surface area contributed by atoms with Gasteiger partial charge >= 0.3 is 5.97 Å². The van der Waals surface area contributed by atoms with Crippen LogP contribution in [-0.2, 0) is 4.79 Å². The van der Waals surface area contributed by atoms with Crippen LogP contribution in [0.3, 0.4) is 0 Å². The van der Waals surface area contributed by atoms with Gasteiger partial charge in [-0.2, -0.15) is 0 Å². The summed E-state index contributed by atoms with van der Waals surface area (Å²) >= 11 is 0. The fraction of sp³-hybridized carbons (Fsp3) is 0.923. The van der Waals surface area contributed by atoms with Crippen molar-refractivity contribution in [1.29, 1.82) is 0 Å². The largest absolute Gasteiger partial charge is 0.481 e. The molecule has 2 atom stereocenters. The fourth-order valence-electron chi connectivity index (χ4n) is 3.18. The van der Waals surface area contributed by atoms with E-state index in [1.807, 2.05) is 0 Å². The highest BCUT2D eigenvalue weighted by atomic mass is 16.4. The molecule has 0 aromatic rings. The summed E-state index contributed by atoms with van der Waals surface area (Å²) in [4.78, 5) is 10.5. The molecule has 15 heavy (non-hydrogen) atoms. The summed E-state index contributed by atoms with van der Waals surface area (Å²) in [6, 6.07) is 0. The van der Waals surface area contributed by atoms with E-state index in [0.29, 0.717) is 17.8 Å². The van der Waals surface area contributed by atoms with Crippen molar-refractivity contribution >= 4 is 5.97 Å². The lowest BCUT2D eigenvalue weighted by Crippen LogP contribution is -2.33. The summed E-state index contributed by atoms with van der Waals surface area (Å²) in [6.45, 7) is 7.01. The number of carbonyl (C=O) groups is 1. The van der Waals surface area contributed by atoms with Crippen LogP contribution in [0, 0.1) is 17.3 Å².